The number of ketones is 1. The Balaban J connectivity index is 1.81. The van der Waals surface area contributed by atoms with Gasteiger partial charge in [0.25, 0.3) is 0 Å². The van der Waals surface area contributed by atoms with Gasteiger partial charge in [-0.05, 0) is 35.9 Å². The molecule has 1 aliphatic rings. The first-order valence-electron chi connectivity index (χ1n) is 6.70. The van der Waals surface area contributed by atoms with E-state index in [4.69, 9.17) is 17.3 Å². The first kappa shape index (κ1) is 14.6. The zero-order valence-electron chi connectivity index (χ0n) is 11.6. The monoisotopic (exact) mass is 312 g/mol. The van der Waals surface area contributed by atoms with Crippen molar-refractivity contribution in [3.8, 4) is 0 Å². The predicted octanol–water partition coefficient (Wildman–Crippen LogP) is 3.01. The molecule has 2 heterocycles. The van der Waals surface area contributed by atoms with E-state index in [1.165, 1.54) is 0 Å². The largest absolute Gasteiger partial charge is 0.296 e. The number of nitrogens with two attached hydrogens (primary N) is 1. The van der Waals surface area contributed by atoms with Gasteiger partial charge in [-0.1, -0.05) is 23.7 Å². The summed E-state index contributed by atoms with van der Waals surface area (Å²) in [5.41, 5.74) is 6.89. The molecule has 1 aromatic carbocycles. The average molecular weight is 313 g/mol. The molecule has 0 fully saturated rings. The standard InChI is InChI=1S/C16H13ClN4O/c17-13-3-1-12(2-4-13)14-10-16(18,21-20-14)15(22)9-11-5-7-19-8-6-11/h1-8,10H,9,18H2. The first-order chi connectivity index (χ1) is 10.6. The van der Waals surface area contributed by atoms with Crippen LogP contribution in [0.5, 0.6) is 0 Å². The van der Waals surface area contributed by atoms with Gasteiger partial charge in [0, 0.05) is 29.4 Å². The van der Waals surface area contributed by atoms with Gasteiger partial charge in [-0.2, -0.15) is 10.2 Å². The summed E-state index contributed by atoms with van der Waals surface area (Å²) in [6.45, 7) is 0. The van der Waals surface area contributed by atoms with E-state index in [-0.39, 0.29) is 12.2 Å². The van der Waals surface area contributed by atoms with Crippen LogP contribution in [0.25, 0.3) is 5.70 Å². The Morgan fingerprint density at radius 1 is 1.14 bits per heavy atom. The van der Waals surface area contributed by atoms with Gasteiger partial charge in [0.1, 0.15) is 0 Å². The Kier molecular flexibility index (Phi) is 3.83. The number of aromatic nitrogens is 1. The van der Waals surface area contributed by atoms with Gasteiger partial charge < -0.3 is 0 Å². The van der Waals surface area contributed by atoms with Crippen molar-refractivity contribution in [2.75, 3.05) is 0 Å². The van der Waals surface area contributed by atoms with Crippen LogP contribution in [0.1, 0.15) is 11.1 Å². The van der Waals surface area contributed by atoms with Gasteiger partial charge >= 0.3 is 0 Å². The van der Waals surface area contributed by atoms with E-state index in [2.05, 4.69) is 15.2 Å². The van der Waals surface area contributed by atoms with Crippen LogP contribution < -0.4 is 5.73 Å². The maximum absolute atomic E-state index is 12.4. The maximum Gasteiger partial charge on any atom is 0.209 e. The highest BCUT2D eigenvalue weighted by Gasteiger charge is 2.35. The molecule has 1 unspecified atom stereocenters. The summed E-state index contributed by atoms with van der Waals surface area (Å²) in [4.78, 5) is 16.3. The number of carbonyl (C=O) groups is 1. The van der Waals surface area contributed by atoms with Crippen LogP contribution in [0.15, 0.2) is 65.1 Å². The van der Waals surface area contributed by atoms with Crippen molar-refractivity contribution in [3.05, 3.63) is 71.0 Å². The molecular formula is C16H13ClN4O. The Morgan fingerprint density at radius 2 is 1.82 bits per heavy atom. The number of Topliss-reactive ketones (excluding diaryl/α,β-unsaturated/α-hetero) is 1. The van der Waals surface area contributed by atoms with Crippen molar-refractivity contribution >= 4 is 23.1 Å². The molecule has 1 atom stereocenters. The molecule has 0 radical (unpaired) electrons. The van der Waals surface area contributed by atoms with Crippen molar-refractivity contribution < 1.29 is 4.79 Å². The lowest BCUT2D eigenvalue weighted by Gasteiger charge is -2.14. The summed E-state index contributed by atoms with van der Waals surface area (Å²) < 4.78 is 0. The molecule has 0 saturated heterocycles. The highest BCUT2D eigenvalue weighted by atomic mass is 35.5. The van der Waals surface area contributed by atoms with E-state index in [1.807, 2.05) is 12.1 Å². The van der Waals surface area contributed by atoms with Crippen LogP contribution in [-0.2, 0) is 11.2 Å². The third-order valence-corrected chi connectivity index (χ3v) is 3.63. The molecule has 5 nitrogen and oxygen atoms in total. The molecule has 6 heteroatoms. The summed E-state index contributed by atoms with van der Waals surface area (Å²) in [6, 6.07) is 10.7. The van der Waals surface area contributed by atoms with Gasteiger partial charge in [0.05, 0.1) is 5.70 Å². The van der Waals surface area contributed by atoms with E-state index in [9.17, 15) is 4.79 Å². The maximum atomic E-state index is 12.4. The minimum absolute atomic E-state index is 0.183. The second-order valence-corrected chi connectivity index (χ2v) is 5.45. The number of azo groups is 1. The molecule has 1 aliphatic heterocycles. The van der Waals surface area contributed by atoms with Crippen LogP contribution in [-0.4, -0.2) is 16.4 Å². The Hall–Kier alpha value is -2.37. The molecule has 3 rings (SSSR count). The second-order valence-electron chi connectivity index (χ2n) is 5.02. The minimum Gasteiger partial charge on any atom is -0.296 e. The van der Waals surface area contributed by atoms with Crippen molar-refractivity contribution in [3.63, 3.8) is 0 Å². The Bertz CT molecular complexity index is 755. The van der Waals surface area contributed by atoms with Crippen LogP contribution >= 0.6 is 11.6 Å². The number of hydrogen-bond donors (Lipinski definition) is 1. The van der Waals surface area contributed by atoms with Gasteiger partial charge in [-0.3, -0.25) is 15.5 Å². The van der Waals surface area contributed by atoms with Crippen molar-refractivity contribution in [2.45, 2.75) is 12.1 Å². The molecule has 0 saturated carbocycles. The molecule has 2 N–H and O–H groups in total. The van der Waals surface area contributed by atoms with E-state index >= 15 is 0 Å². The average Bonchev–Trinajstić information content (AvgIpc) is 2.93. The summed E-state index contributed by atoms with van der Waals surface area (Å²) >= 11 is 5.86. The molecule has 0 amide bonds. The molecule has 2 aromatic rings. The van der Waals surface area contributed by atoms with E-state index in [0.717, 1.165) is 11.1 Å². The molecule has 0 aliphatic carbocycles. The number of nitrogens with zero attached hydrogens (tertiary/aromatic N) is 3. The van der Waals surface area contributed by atoms with Gasteiger partial charge in [-0.15, -0.1) is 0 Å². The van der Waals surface area contributed by atoms with Gasteiger partial charge in [-0.25, -0.2) is 0 Å². The molecule has 110 valence electrons. The number of halogens is 1. The van der Waals surface area contributed by atoms with Crippen LogP contribution in [0.4, 0.5) is 0 Å². The van der Waals surface area contributed by atoms with Crippen molar-refractivity contribution in [1.29, 1.82) is 0 Å². The number of hydrogen-bond acceptors (Lipinski definition) is 5. The SMILES string of the molecule is NC1(C(=O)Cc2ccncc2)C=C(c2ccc(Cl)cc2)N=N1. The lowest BCUT2D eigenvalue weighted by Crippen LogP contribution is -2.43. The number of rotatable bonds is 4. The van der Waals surface area contributed by atoms with E-state index in [1.54, 1.807) is 42.7 Å². The highest BCUT2D eigenvalue weighted by Crippen LogP contribution is 2.29. The summed E-state index contributed by atoms with van der Waals surface area (Å²) in [7, 11) is 0. The highest BCUT2D eigenvalue weighted by molar-refractivity contribution is 6.30. The number of benzene rings is 1. The van der Waals surface area contributed by atoms with Crippen LogP contribution in [0.3, 0.4) is 0 Å². The molecular weight excluding hydrogens is 300 g/mol. The zero-order chi connectivity index (χ0) is 15.6. The predicted molar refractivity (Wildman–Crippen MR) is 84.2 cm³/mol. The molecule has 0 spiro atoms. The molecule has 22 heavy (non-hydrogen) atoms. The fourth-order valence-corrected chi connectivity index (χ4v) is 2.25. The fraction of sp³-hybridized carbons (Fsp3) is 0.125. The Labute approximate surface area is 132 Å². The minimum atomic E-state index is -1.42. The van der Waals surface area contributed by atoms with Crippen molar-refractivity contribution in [2.24, 2.45) is 16.0 Å². The second kappa shape index (κ2) is 5.79. The third kappa shape index (κ3) is 2.95. The normalized spacial score (nSPS) is 20.0. The van der Waals surface area contributed by atoms with E-state index < -0.39 is 5.66 Å². The summed E-state index contributed by atoms with van der Waals surface area (Å²) in [5, 5.41) is 8.62. The smallest absolute Gasteiger partial charge is 0.209 e. The van der Waals surface area contributed by atoms with Gasteiger partial charge in [0.15, 0.2) is 5.78 Å². The third-order valence-electron chi connectivity index (χ3n) is 3.38. The molecule has 0 bridgehead atoms. The lowest BCUT2D eigenvalue weighted by atomic mass is 9.98. The topological polar surface area (TPSA) is 80.7 Å². The van der Waals surface area contributed by atoms with Crippen LogP contribution in [0.2, 0.25) is 5.02 Å². The van der Waals surface area contributed by atoms with Crippen molar-refractivity contribution in [1.82, 2.24) is 4.98 Å². The first-order valence-corrected chi connectivity index (χ1v) is 7.07. The van der Waals surface area contributed by atoms with E-state index in [0.29, 0.717) is 10.7 Å². The quantitative estimate of drug-likeness (QED) is 0.942. The lowest BCUT2D eigenvalue weighted by molar-refractivity contribution is -0.121. The fourth-order valence-electron chi connectivity index (χ4n) is 2.13. The number of carbonyl (C=O) groups excluding carboxylic acids is 1. The van der Waals surface area contributed by atoms with Gasteiger partial charge in [0.2, 0.25) is 5.66 Å². The number of pyridine rings is 1. The zero-order valence-corrected chi connectivity index (χ0v) is 12.4. The Morgan fingerprint density at radius 3 is 2.50 bits per heavy atom. The van der Waals surface area contributed by atoms with Crippen LogP contribution in [0, 0.1) is 0 Å². The molecule has 1 aromatic heterocycles. The summed E-state index contributed by atoms with van der Waals surface area (Å²) in [6.07, 6.45) is 5.04. The summed E-state index contributed by atoms with van der Waals surface area (Å²) in [5.74, 6) is -0.216.